The topological polar surface area (TPSA) is 78.2 Å². The fourth-order valence-corrected chi connectivity index (χ4v) is 6.30. The van der Waals surface area contributed by atoms with E-state index in [1.54, 1.807) is 6.07 Å². The van der Waals surface area contributed by atoms with Crippen LogP contribution in [-0.2, 0) is 21.9 Å². The molecule has 2 aliphatic heterocycles. The molecule has 0 amide bonds. The lowest BCUT2D eigenvalue weighted by atomic mass is 9.80. The fraction of sp³-hybridized carbons (Fsp3) is 0.562. The third kappa shape index (κ3) is 2.42. The number of aliphatic hydroxyl groups is 1. The van der Waals surface area contributed by atoms with Gasteiger partial charge in [0.15, 0.2) is 9.84 Å². The van der Waals surface area contributed by atoms with Gasteiger partial charge in [0.05, 0.1) is 28.6 Å². The second-order valence-electron chi connectivity index (χ2n) is 6.34. The van der Waals surface area contributed by atoms with E-state index in [0.717, 1.165) is 6.42 Å². The van der Waals surface area contributed by atoms with E-state index >= 15 is 0 Å². The number of hydrogen-bond acceptors (Lipinski definition) is 4. The molecule has 22 heavy (non-hydrogen) atoms. The van der Waals surface area contributed by atoms with E-state index in [1.165, 1.54) is 12.1 Å². The zero-order valence-corrected chi connectivity index (χ0v) is 12.9. The first-order valence-corrected chi connectivity index (χ1v) is 9.09. The lowest BCUT2D eigenvalue weighted by Crippen LogP contribution is -2.50. The number of nitrogens with zero attached hydrogens (tertiary/aromatic N) is 1. The molecule has 1 N–H and O–H groups in total. The summed E-state index contributed by atoms with van der Waals surface area (Å²) < 4.78 is 38.6. The van der Waals surface area contributed by atoms with Crippen LogP contribution in [0.25, 0.3) is 0 Å². The largest absolute Gasteiger partial charge is 0.385 e. The Kier molecular flexibility index (Phi) is 3.74. The standard InChI is InChI=1S/C16H18FNO3S/c17-15-8-12(5-4-11(15)6-7-18)16(19)9-13-2-1-3-14(10-16)22(13,20)21/h4-5,8,13-14,19H,1-3,6,9-10H2. The highest BCUT2D eigenvalue weighted by atomic mass is 32.2. The van der Waals surface area contributed by atoms with Gasteiger partial charge in [-0.25, -0.2) is 12.8 Å². The molecule has 0 aromatic heterocycles. The van der Waals surface area contributed by atoms with Gasteiger partial charge in [0.1, 0.15) is 5.82 Å². The van der Waals surface area contributed by atoms with Crippen LogP contribution in [-0.4, -0.2) is 24.0 Å². The minimum Gasteiger partial charge on any atom is -0.385 e. The van der Waals surface area contributed by atoms with Gasteiger partial charge in [-0.15, -0.1) is 0 Å². The summed E-state index contributed by atoms with van der Waals surface area (Å²) in [6.45, 7) is 0. The molecule has 0 radical (unpaired) electrons. The van der Waals surface area contributed by atoms with Crippen molar-refractivity contribution in [1.82, 2.24) is 0 Å². The van der Waals surface area contributed by atoms with Gasteiger partial charge >= 0.3 is 0 Å². The van der Waals surface area contributed by atoms with Crippen LogP contribution in [0.5, 0.6) is 0 Å². The maximum absolute atomic E-state index is 14.0. The van der Waals surface area contributed by atoms with Gasteiger partial charge in [-0.1, -0.05) is 18.6 Å². The highest BCUT2D eigenvalue weighted by molar-refractivity contribution is 7.92. The smallest absolute Gasteiger partial charge is 0.156 e. The van der Waals surface area contributed by atoms with E-state index in [0.29, 0.717) is 24.0 Å². The molecule has 1 aromatic carbocycles. The van der Waals surface area contributed by atoms with E-state index < -0.39 is 31.8 Å². The average Bonchev–Trinajstić information content (AvgIpc) is 2.43. The third-order valence-electron chi connectivity index (χ3n) is 4.97. The summed E-state index contributed by atoms with van der Waals surface area (Å²) >= 11 is 0. The molecule has 6 heteroatoms. The minimum atomic E-state index is -3.17. The Morgan fingerprint density at radius 3 is 2.50 bits per heavy atom. The first-order valence-electron chi connectivity index (χ1n) is 7.48. The SMILES string of the molecule is N#CCc1ccc(C2(O)CC3CCCC(C2)S3(=O)=O)cc1F. The van der Waals surface area contributed by atoms with E-state index in [1.807, 2.05) is 6.07 Å². The van der Waals surface area contributed by atoms with Crippen molar-refractivity contribution in [3.8, 4) is 6.07 Å². The quantitative estimate of drug-likeness (QED) is 0.905. The summed E-state index contributed by atoms with van der Waals surface area (Å²) in [5.41, 5.74) is -0.593. The molecule has 0 aliphatic carbocycles. The van der Waals surface area contributed by atoms with E-state index in [9.17, 15) is 17.9 Å². The van der Waals surface area contributed by atoms with Crippen LogP contribution < -0.4 is 0 Å². The first-order chi connectivity index (χ1) is 10.4. The highest BCUT2D eigenvalue weighted by Crippen LogP contribution is 2.46. The van der Waals surface area contributed by atoms with Crippen LogP contribution in [0.2, 0.25) is 0 Å². The molecule has 2 heterocycles. The molecule has 2 fully saturated rings. The van der Waals surface area contributed by atoms with Gasteiger partial charge in [0.2, 0.25) is 0 Å². The van der Waals surface area contributed by atoms with Crippen molar-refractivity contribution in [3.63, 3.8) is 0 Å². The maximum atomic E-state index is 14.0. The molecule has 2 atom stereocenters. The summed E-state index contributed by atoms with van der Waals surface area (Å²) in [6.07, 6.45) is 2.22. The van der Waals surface area contributed by atoms with Crippen molar-refractivity contribution in [1.29, 1.82) is 5.26 Å². The van der Waals surface area contributed by atoms with Crippen molar-refractivity contribution in [2.45, 2.75) is 54.6 Å². The van der Waals surface area contributed by atoms with Gasteiger partial charge < -0.3 is 5.11 Å². The molecular formula is C16H18FNO3S. The van der Waals surface area contributed by atoms with Crippen molar-refractivity contribution in [2.24, 2.45) is 0 Å². The number of fused-ring (bicyclic) bond motifs is 2. The normalized spacial score (nSPS) is 33.1. The zero-order valence-electron chi connectivity index (χ0n) is 12.1. The molecule has 2 saturated heterocycles. The molecule has 0 spiro atoms. The molecule has 2 aliphatic rings. The fourth-order valence-electron chi connectivity index (χ4n) is 3.75. The van der Waals surface area contributed by atoms with Crippen LogP contribution >= 0.6 is 0 Å². The first kappa shape index (κ1) is 15.4. The number of sulfone groups is 1. The predicted octanol–water partition coefficient (Wildman–Crippen LogP) is 2.21. The maximum Gasteiger partial charge on any atom is 0.156 e. The zero-order chi connectivity index (χ0) is 16.0. The highest BCUT2D eigenvalue weighted by Gasteiger charge is 2.51. The van der Waals surface area contributed by atoms with Crippen LogP contribution in [0.3, 0.4) is 0 Å². The van der Waals surface area contributed by atoms with Crippen LogP contribution in [0.4, 0.5) is 4.39 Å². The third-order valence-corrected chi connectivity index (χ3v) is 7.64. The summed E-state index contributed by atoms with van der Waals surface area (Å²) in [5.74, 6) is -0.522. The van der Waals surface area contributed by atoms with Gasteiger partial charge in [0, 0.05) is 5.56 Å². The van der Waals surface area contributed by atoms with Crippen molar-refractivity contribution in [3.05, 3.63) is 35.1 Å². The van der Waals surface area contributed by atoms with Gasteiger partial charge in [-0.05, 0) is 37.3 Å². The molecule has 118 valence electrons. The Labute approximate surface area is 129 Å². The van der Waals surface area contributed by atoms with Crippen LogP contribution in [0.15, 0.2) is 18.2 Å². The number of benzene rings is 1. The van der Waals surface area contributed by atoms with E-state index in [4.69, 9.17) is 5.26 Å². The Morgan fingerprint density at radius 2 is 1.95 bits per heavy atom. The summed E-state index contributed by atoms with van der Waals surface area (Å²) in [5, 5.41) is 18.5. The van der Waals surface area contributed by atoms with Crippen LogP contribution in [0, 0.1) is 17.1 Å². The minimum absolute atomic E-state index is 0.0236. The number of halogens is 1. The predicted molar refractivity (Wildman–Crippen MR) is 79.2 cm³/mol. The molecule has 2 unspecified atom stereocenters. The van der Waals surface area contributed by atoms with Crippen molar-refractivity contribution >= 4 is 9.84 Å². The second kappa shape index (κ2) is 5.32. The number of nitriles is 1. The summed E-state index contributed by atoms with van der Waals surface area (Å²) in [4.78, 5) is 0. The Hall–Kier alpha value is -1.45. The lowest BCUT2D eigenvalue weighted by molar-refractivity contribution is 0.00473. The second-order valence-corrected chi connectivity index (χ2v) is 8.86. The lowest BCUT2D eigenvalue weighted by Gasteiger charge is -2.44. The molecule has 0 saturated carbocycles. The Bertz CT molecular complexity index is 718. The van der Waals surface area contributed by atoms with Crippen molar-refractivity contribution in [2.75, 3.05) is 0 Å². The molecule has 3 rings (SSSR count). The number of hydrogen-bond donors (Lipinski definition) is 1. The number of rotatable bonds is 2. The van der Waals surface area contributed by atoms with Crippen molar-refractivity contribution < 1.29 is 17.9 Å². The van der Waals surface area contributed by atoms with Gasteiger partial charge in [-0.3, -0.25) is 0 Å². The summed E-state index contributed by atoms with van der Waals surface area (Å²) in [7, 11) is -3.17. The van der Waals surface area contributed by atoms with E-state index in [-0.39, 0.29) is 19.3 Å². The van der Waals surface area contributed by atoms with E-state index in [2.05, 4.69) is 0 Å². The van der Waals surface area contributed by atoms with Gasteiger partial charge in [-0.2, -0.15) is 5.26 Å². The van der Waals surface area contributed by atoms with Crippen LogP contribution in [0.1, 0.15) is 43.2 Å². The Morgan fingerprint density at radius 1 is 1.32 bits per heavy atom. The van der Waals surface area contributed by atoms with Gasteiger partial charge in [0.25, 0.3) is 0 Å². The molecule has 1 aromatic rings. The monoisotopic (exact) mass is 323 g/mol. The Balaban J connectivity index is 1.95. The average molecular weight is 323 g/mol. The molecule has 2 bridgehead atoms. The summed E-state index contributed by atoms with van der Waals surface area (Å²) in [6, 6.07) is 6.26. The molecule has 4 nitrogen and oxygen atoms in total. The molecular weight excluding hydrogens is 305 g/mol.